The Balaban J connectivity index is 2.27. The second-order valence-electron chi connectivity index (χ2n) is 5.14. The van der Waals surface area contributed by atoms with Gasteiger partial charge in [-0.3, -0.25) is 0 Å². The van der Waals surface area contributed by atoms with Crippen LogP contribution in [0.1, 0.15) is 37.7 Å². The number of nitrogens with one attached hydrogen (secondary N) is 1. The first-order valence-electron chi connectivity index (χ1n) is 6.42. The van der Waals surface area contributed by atoms with Crippen LogP contribution in [0.5, 0.6) is 0 Å². The minimum Gasteiger partial charge on any atom is -0.463 e. The van der Waals surface area contributed by atoms with E-state index in [0.717, 1.165) is 29.4 Å². The van der Waals surface area contributed by atoms with E-state index in [1.165, 1.54) is 0 Å². The highest BCUT2D eigenvalue weighted by atomic mass is 16.3. The lowest BCUT2D eigenvalue weighted by atomic mass is 9.97. The Morgan fingerprint density at radius 3 is 2.78 bits per heavy atom. The van der Waals surface area contributed by atoms with E-state index in [2.05, 4.69) is 23.8 Å². The van der Waals surface area contributed by atoms with Crippen LogP contribution in [0.4, 0.5) is 0 Å². The SMILES string of the molecule is Cc1[nH]c(C(CN)CC(C)C)nc1-c1ccco1. The number of aromatic amines is 1. The van der Waals surface area contributed by atoms with Gasteiger partial charge in [-0.25, -0.2) is 4.98 Å². The topological polar surface area (TPSA) is 67.8 Å². The molecular weight excluding hydrogens is 226 g/mol. The highest BCUT2D eigenvalue weighted by Crippen LogP contribution is 2.26. The highest BCUT2D eigenvalue weighted by molar-refractivity contribution is 5.55. The number of nitrogens with two attached hydrogens (primary N) is 1. The second kappa shape index (κ2) is 5.40. The van der Waals surface area contributed by atoms with Gasteiger partial charge in [0.05, 0.1) is 6.26 Å². The van der Waals surface area contributed by atoms with Crippen molar-refractivity contribution in [2.24, 2.45) is 11.7 Å². The van der Waals surface area contributed by atoms with Crippen molar-refractivity contribution in [3.63, 3.8) is 0 Å². The molecule has 0 fully saturated rings. The predicted molar refractivity (Wildman–Crippen MR) is 72.3 cm³/mol. The second-order valence-corrected chi connectivity index (χ2v) is 5.14. The van der Waals surface area contributed by atoms with Gasteiger partial charge in [0.2, 0.25) is 0 Å². The lowest BCUT2D eigenvalue weighted by Gasteiger charge is -2.14. The normalized spacial score (nSPS) is 13.2. The maximum atomic E-state index is 5.85. The van der Waals surface area contributed by atoms with Gasteiger partial charge in [0.25, 0.3) is 0 Å². The van der Waals surface area contributed by atoms with Gasteiger partial charge in [0.15, 0.2) is 5.76 Å². The average molecular weight is 247 g/mol. The average Bonchev–Trinajstić information content (AvgIpc) is 2.94. The van der Waals surface area contributed by atoms with Crippen molar-refractivity contribution in [2.75, 3.05) is 6.54 Å². The summed E-state index contributed by atoms with van der Waals surface area (Å²) in [7, 11) is 0. The first-order chi connectivity index (χ1) is 8.61. The molecule has 98 valence electrons. The van der Waals surface area contributed by atoms with Crippen molar-refractivity contribution >= 4 is 0 Å². The number of rotatable bonds is 5. The van der Waals surface area contributed by atoms with Gasteiger partial charge in [-0.15, -0.1) is 0 Å². The van der Waals surface area contributed by atoms with Gasteiger partial charge < -0.3 is 15.1 Å². The lowest BCUT2D eigenvalue weighted by molar-refractivity contribution is 0.490. The summed E-state index contributed by atoms with van der Waals surface area (Å²) in [5.41, 5.74) is 7.76. The standard InChI is InChI=1S/C14H21N3O/c1-9(2)7-11(8-15)14-16-10(3)13(17-14)12-5-4-6-18-12/h4-6,9,11H,7-8,15H2,1-3H3,(H,16,17). The summed E-state index contributed by atoms with van der Waals surface area (Å²) in [5, 5.41) is 0. The first-order valence-corrected chi connectivity index (χ1v) is 6.42. The predicted octanol–water partition coefficient (Wildman–Crippen LogP) is 3.07. The smallest absolute Gasteiger partial charge is 0.154 e. The Hall–Kier alpha value is -1.55. The third-order valence-electron chi connectivity index (χ3n) is 3.08. The van der Waals surface area contributed by atoms with Crippen molar-refractivity contribution in [3.05, 3.63) is 29.9 Å². The van der Waals surface area contributed by atoms with Crippen LogP contribution in [0.2, 0.25) is 0 Å². The Labute approximate surface area is 108 Å². The van der Waals surface area contributed by atoms with Gasteiger partial charge >= 0.3 is 0 Å². The molecule has 0 aromatic carbocycles. The fourth-order valence-corrected chi connectivity index (χ4v) is 2.22. The molecule has 0 amide bonds. The fourth-order valence-electron chi connectivity index (χ4n) is 2.22. The zero-order valence-corrected chi connectivity index (χ0v) is 11.2. The Bertz CT molecular complexity index is 485. The molecule has 0 saturated heterocycles. The van der Waals surface area contributed by atoms with Crippen molar-refractivity contribution in [2.45, 2.75) is 33.1 Å². The van der Waals surface area contributed by atoms with E-state index in [4.69, 9.17) is 10.2 Å². The summed E-state index contributed by atoms with van der Waals surface area (Å²) in [5.74, 6) is 2.66. The summed E-state index contributed by atoms with van der Waals surface area (Å²) in [6.45, 7) is 7.03. The Morgan fingerprint density at radius 2 is 2.22 bits per heavy atom. The van der Waals surface area contributed by atoms with E-state index in [1.54, 1.807) is 6.26 Å². The number of aryl methyl sites for hydroxylation is 1. The quantitative estimate of drug-likeness (QED) is 0.853. The third kappa shape index (κ3) is 2.64. The monoisotopic (exact) mass is 247 g/mol. The van der Waals surface area contributed by atoms with E-state index in [0.29, 0.717) is 12.5 Å². The molecule has 0 radical (unpaired) electrons. The van der Waals surface area contributed by atoms with E-state index >= 15 is 0 Å². The summed E-state index contributed by atoms with van der Waals surface area (Å²) in [6.07, 6.45) is 2.71. The molecule has 4 heteroatoms. The number of nitrogens with zero attached hydrogens (tertiary/aromatic N) is 1. The van der Waals surface area contributed by atoms with Gasteiger partial charge in [0, 0.05) is 18.2 Å². The minimum atomic E-state index is 0.285. The van der Waals surface area contributed by atoms with E-state index in [1.807, 2.05) is 19.1 Å². The summed E-state index contributed by atoms with van der Waals surface area (Å²) >= 11 is 0. The number of hydrogen-bond donors (Lipinski definition) is 2. The highest BCUT2D eigenvalue weighted by Gasteiger charge is 2.18. The van der Waals surface area contributed by atoms with Crippen LogP contribution in [0.3, 0.4) is 0 Å². The van der Waals surface area contributed by atoms with Crippen LogP contribution in [0.15, 0.2) is 22.8 Å². The van der Waals surface area contributed by atoms with E-state index in [9.17, 15) is 0 Å². The molecule has 2 heterocycles. The molecule has 0 saturated carbocycles. The van der Waals surface area contributed by atoms with Crippen LogP contribution >= 0.6 is 0 Å². The third-order valence-corrected chi connectivity index (χ3v) is 3.08. The maximum Gasteiger partial charge on any atom is 0.154 e. The molecule has 1 atom stereocenters. The molecule has 18 heavy (non-hydrogen) atoms. The molecule has 2 rings (SSSR count). The molecule has 2 aromatic rings. The van der Waals surface area contributed by atoms with Crippen LogP contribution < -0.4 is 5.73 Å². The van der Waals surface area contributed by atoms with Crippen molar-refractivity contribution < 1.29 is 4.42 Å². The molecule has 0 aliphatic carbocycles. The van der Waals surface area contributed by atoms with Gasteiger partial charge in [0.1, 0.15) is 11.5 Å². The Kier molecular flexibility index (Phi) is 3.87. The summed E-state index contributed by atoms with van der Waals surface area (Å²) in [6, 6.07) is 3.80. The molecule has 0 spiro atoms. The van der Waals surface area contributed by atoms with Gasteiger partial charge in [-0.05, 0) is 31.4 Å². The molecule has 4 nitrogen and oxygen atoms in total. The number of furan rings is 1. The van der Waals surface area contributed by atoms with Crippen molar-refractivity contribution in [1.29, 1.82) is 0 Å². The zero-order valence-electron chi connectivity index (χ0n) is 11.2. The Morgan fingerprint density at radius 1 is 1.44 bits per heavy atom. The lowest BCUT2D eigenvalue weighted by Crippen LogP contribution is -2.16. The molecule has 3 N–H and O–H groups in total. The fraction of sp³-hybridized carbons (Fsp3) is 0.500. The largest absolute Gasteiger partial charge is 0.463 e. The van der Waals surface area contributed by atoms with Crippen LogP contribution in [-0.4, -0.2) is 16.5 Å². The number of H-pyrrole nitrogens is 1. The summed E-state index contributed by atoms with van der Waals surface area (Å²) < 4.78 is 5.39. The number of aromatic nitrogens is 2. The zero-order chi connectivity index (χ0) is 13.1. The number of hydrogen-bond acceptors (Lipinski definition) is 3. The van der Waals surface area contributed by atoms with Crippen molar-refractivity contribution in [3.8, 4) is 11.5 Å². The van der Waals surface area contributed by atoms with Gasteiger partial charge in [-0.1, -0.05) is 13.8 Å². The molecule has 0 aliphatic heterocycles. The number of imidazole rings is 1. The van der Waals surface area contributed by atoms with Crippen molar-refractivity contribution in [1.82, 2.24) is 9.97 Å². The molecule has 2 aromatic heterocycles. The van der Waals surface area contributed by atoms with Crippen LogP contribution in [-0.2, 0) is 0 Å². The van der Waals surface area contributed by atoms with Crippen LogP contribution in [0.25, 0.3) is 11.5 Å². The maximum absolute atomic E-state index is 5.85. The molecule has 0 aliphatic rings. The first kappa shape index (κ1) is 12.9. The van der Waals surface area contributed by atoms with Gasteiger partial charge in [-0.2, -0.15) is 0 Å². The van der Waals surface area contributed by atoms with E-state index < -0.39 is 0 Å². The minimum absolute atomic E-state index is 0.285. The summed E-state index contributed by atoms with van der Waals surface area (Å²) in [4.78, 5) is 7.99. The van der Waals surface area contributed by atoms with Crippen LogP contribution in [0, 0.1) is 12.8 Å². The molecule has 1 unspecified atom stereocenters. The molecular formula is C14H21N3O. The van der Waals surface area contributed by atoms with E-state index in [-0.39, 0.29) is 5.92 Å². The molecule has 0 bridgehead atoms.